The summed E-state index contributed by atoms with van der Waals surface area (Å²) in [4.78, 5) is 24.5. The van der Waals surface area contributed by atoms with Crippen molar-refractivity contribution < 1.29 is 19.4 Å². The summed E-state index contributed by atoms with van der Waals surface area (Å²) in [5.74, 6) is -0.911. The zero-order valence-corrected chi connectivity index (χ0v) is 13.9. The monoisotopic (exact) mass is 322 g/mol. The Bertz CT molecular complexity index is 563. The molecular weight excluding hydrogens is 300 g/mol. The van der Waals surface area contributed by atoms with E-state index >= 15 is 0 Å². The van der Waals surface area contributed by atoms with Crippen molar-refractivity contribution in [3.63, 3.8) is 0 Å². The second kappa shape index (κ2) is 4.53. The van der Waals surface area contributed by atoms with Crippen LogP contribution in [0.5, 0.6) is 0 Å². The normalized spacial score (nSPS) is 47.8. The number of thioether (sulfide) groups is 1. The Labute approximate surface area is 134 Å². The van der Waals surface area contributed by atoms with E-state index in [4.69, 9.17) is 4.74 Å². The van der Waals surface area contributed by atoms with Crippen LogP contribution in [0.2, 0.25) is 0 Å². The van der Waals surface area contributed by atoms with Gasteiger partial charge in [0.05, 0.1) is 11.8 Å². The van der Waals surface area contributed by atoms with Gasteiger partial charge in [0.1, 0.15) is 5.60 Å². The molecule has 1 N–H and O–H groups in total. The summed E-state index contributed by atoms with van der Waals surface area (Å²) in [6, 6.07) is 0. The molecule has 0 spiro atoms. The molecule has 4 nitrogen and oxygen atoms in total. The topological polar surface area (TPSA) is 63.6 Å². The van der Waals surface area contributed by atoms with Crippen LogP contribution in [0.3, 0.4) is 0 Å². The molecule has 2 aliphatic carbocycles. The number of carbonyl (C=O) groups is 2. The Kier molecular flexibility index (Phi) is 3.01. The Morgan fingerprint density at radius 3 is 2.14 bits per heavy atom. The fourth-order valence-corrected chi connectivity index (χ4v) is 7.24. The van der Waals surface area contributed by atoms with Crippen LogP contribution in [0.15, 0.2) is 12.2 Å². The molecule has 4 bridgehead atoms. The summed E-state index contributed by atoms with van der Waals surface area (Å²) < 4.78 is 5.56. The number of carbonyl (C=O) groups excluding carboxylic acids is 1. The van der Waals surface area contributed by atoms with Gasteiger partial charge >= 0.3 is 11.9 Å². The number of carboxylic acid groups (broad SMARTS) is 1. The third kappa shape index (κ3) is 1.90. The van der Waals surface area contributed by atoms with Crippen molar-refractivity contribution in [1.29, 1.82) is 0 Å². The highest BCUT2D eigenvalue weighted by Gasteiger charge is 2.68. The van der Waals surface area contributed by atoms with Crippen molar-refractivity contribution in [2.75, 3.05) is 0 Å². The lowest BCUT2D eigenvalue weighted by Crippen LogP contribution is -2.46. The lowest BCUT2D eigenvalue weighted by Gasteiger charge is -2.39. The van der Waals surface area contributed by atoms with Gasteiger partial charge in [0.2, 0.25) is 0 Å². The van der Waals surface area contributed by atoms with Crippen molar-refractivity contribution in [3.05, 3.63) is 12.2 Å². The molecule has 2 saturated carbocycles. The van der Waals surface area contributed by atoms with Crippen LogP contribution in [0.4, 0.5) is 0 Å². The average molecular weight is 322 g/mol. The summed E-state index contributed by atoms with van der Waals surface area (Å²) in [6.45, 7) is 5.52. The Balaban J connectivity index is 1.66. The van der Waals surface area contributed by atoms with Crippen LogP contribution in [-0.2, 0) is 14.3 Å². The molecule has 0 aromatic heterocycles. The number of esters is 1. The van der Waals surface area contributed by atoms with Crippen molar-refractivity contribution in [2.45, 2.75) is 43.3 Å². The third-order valence-corrected chi connectivity index (χ3v) is 7.39. The molecule has 120 valence electrons. The van der Waals surface area contributed by atoms with Crippen molar-refractivity contribution in [2.24, 2.45) is 35.5 Å². The number of hydrogen-bond donors (Lipinski definition) is 1. The van der Waals surface area contributed by atoms with Crippen LogP contribution >= 0.6 is 11.8 Å². The van der Waals surface area contributed by atoms with E-state index in [1.807, 2.05) is 32.5 Å². The number of aliphatic carboxylic acids is 1. The molecule has 1 saturated heterocycles. The van der Waals surface area contributed by atoms with E-state index in [0.29, 0.717) is 22.3 Å². The fraction of sp³-hybridized carbons (Fsp3) is 0.765. The van der Waals surface area contributed by atoms with Gasteiger partial charge in [0, 0.05) is 10.5 Å². The van der Waals surface area contributed by atoms with Gasteiger partial charge in [0.25, 0.3) is 0 Å². The Hall–Kier alpha value is -0.970. The van der Waals surface area contributed by atoms with E-state index in [1.54, 1.807) is 0 Å². The standard InChI is InChI=1S/C17H22O4S/c1-17(2,3)21-16(20)14-8-6-7(13(14)15(18)19)11-9-4-5-10(22-9)12(8)11/h4-5,7-14H,6H2,1-3H3,(H,18,19). The molecule has 8 atom stereocenters. The van der Waals surface area contributed by atoms with E-state index in [9.17, 15) is 14.7 Å². The Morgan fingerprint density at radius 2 is 1.64 bits per heavy atom. The van der Waals surface area contributed by atoms with Gasteiger partial charge < -0.3 is 9.84 Å². The van der Waals surface area contributed by atoms with Gasteiger partial charge in [-0.3, -0.25) is 9.59 Å². The van der Waals surface area contributed by atoms with E-state index in [-0.39, 0.29) is 17.8 Å². The molecule has 0 amide bonds. The summed E-state index contributed by atoms with van der Waals surface area (Å²) in [5, 5.41) is 10.7. The zero-order chi connectivity index (χ0) is 15.8. The summed E-state index contributed by atoms with van der Waals surface area (Å²) in [6.07, 6.45) is 5.39. The number of hydrogen-bond acceptors (Lipinski definition) is 4. The molecule has 0 radical (unpaired) electrons. The van der Waals surface area contributed by atoms with Gasteiger partial charge in [0.15, 0.2) is 0 Å². The molecule has 0 aromatic carbocycles. The SMILES string of the molecule is CC(C)(C)OC(=O)C1C2CC(C1C(=O)O)C1C3C=CC(S3)C21. The molecule has 3 fully saturated rings. The van der Waals surface area contributed by atoms with E-state index in [1.165, 1.54) is 0 Å². The highest BCUT2D eigenvalue weighted by atomic mass is 32.2. The summed E-state index contributed by atoms with van der Waals surface area (Å²) in [7, 11) is 0. The summed E-state index contributed by atoms with van der Waals surface area (Å²) in [5.41, 5.74) is -0.565. The lowest BCUT2D eigenvalue weighted by molar-refractivity contribution is -0.171. The smallest absolute Gasteiger partial charge is 0.310 e. The second-order valence-electron chi connectivity index (χ2n) is 8.09. The van der Waals surface area contributed by atoms with Crippen LogP contribution < -0.4 is 0 Å². The molecule has 2 heterocycles. The van der Waals surface area contributed by atoms with Crippen LogP contribution in [0.1, 0.15) is 27.2 Å². The quantitative estimate of drug-likeness (QED) is 0.625. The Morgan fingerprint density at radius 1 is 1.09 bits per heavy atom. The first-order valence-corrected chi connectivity index (χ1v) is 9.01. The largest absolute Gasteiger partial charge is 0.481 e. The lowest BCUT2D eigenvalue weighted by atomic mass is 9.65. The molecule has 5 heteroatoms. The van der Waals surface area contributed by atoms with Gasteiger partial charge in [-0.1, -0.05) is 12.2 Å². The molecule has 2 aliphatic heterocycles. The first-order chi connectivity index (χ1) is 10.3. The minimum absolute atomic E-state index is 0.137. The van der Waals surface area contributed by atoms with Crippen LogP contribution in [0.25, 0.3) is 0 Å². The summed E-state index contributed by atoms with van der Waals surface area (Å²) >= 11 is 1.96. The molecule has 4 aliphatic rings. The third-order valence-electron chi connectivity index (χ3n) is 5.81. The number of fused-ring (bicyclic) bond motifs is 9. The number of carboxylic acids is 1. The average Bonchev–Trinajstić information content (AvgIpc) is 3.12. The first-order valence-electron chi connectivity index (χ1n) is 8.07. The van der Waals surface area contributed by atoms with Crippen LogP contribution in [-0.4, -0.2) is 33.1 Å². The molecule has 4 rings (SSSR count). The van der Waals surface area contributed by atoms with E-state index < -0.39 is 23.4 Å². The van der Waals surface area contributed by atoms with Gasteiger partial charge in [-0.05, 0) is 50.9 Å². The predicted octanol–water partition coefficient (Wildman–Crippen LogP) is 2.58. The second-order valence-corrected chi connectivity index (χ2v) is 9.45. The highest BCUT2D eigenvalue weighted by molar-refractivity contribution is 8.01. The van der Waals surface area contributed by atoms with Gasteiger partial charge in [-0.2, -0.15) is 0 Å². The first kappa shape index (κ1) is 14.6. The van der Waals surface area contributed by atoms with Crippen molar-refractivity contribution in [1.82, 2.24) is 0 Å². The predicted molar refractivity (Wildman–Crippen MR) is 83.3 cm³/mol. The maximum Gasteiger partial charge on any atom is 0.310 e. The van der Waals surface area contributed by atoms with E-state index in [2.05, 4.69) is 12.2 Å². The molecular formula is C17H22O4S. The van der Waals surface area contributed by atoms with E-state index in [0.717, 1.165) is 6.42 Å². The minimum Gasteiger partial charge on any atom is -0.481 e. The minimum atomic E-state index is -0.821. The number of ether oxygens (including phenoxy) is 1. The van der Waals surface area contributed by atoms with Gasteiger partial charge in [-0.25, -0.2) is 0 Å². The maximum atomic E-state index is 12.7. The fourth-order valence-electron chi connectivity index (χ4n) is 5.39. The molecule has 0 aromatic rings. The number of rotatable bonds is 2. The van der Waals surface area contributed by atoms with Gasteiger partial charge in [-0.15, -0.1) is 11.8 Å². The molecule has 8 unspecified atom stereocenters. The molecule has 22 heavy (non-hydrogen) atoms. The zero-order valence-electron chi connectivity index (χ0n) is 13.1. The van der Waals surface area contributed by atoms with Crippen molar-refractivity contribution >= 4 is 23.7 Å². The maximum absolute atomic E-state index is 12.7. The highest BCUT2D eigenvalue weighted by Crippen LogP contribution is 2.68. The van der Waals surface area contributed by atoms with Crippen LogP contribution in [0, 0.1) is 35.5 Å². The van der Waals surface area contributed by atoms with Crippen molar-refractivity contribution in [3.8, 4) is 0 Å².